The zero-order valence-electron chi connectivity index (χ0n) is 14.3. The number of benzene rings is 2. The van der Waals surface area contributed by atoms with Gasteiger partial charge in [-0.05, 0) is 31.2 Å². The third kappa shape index (κ3) is 3.92. The van der Waals surface area contributed by atoms with Gasteiger partial charge in [0, 0.05) is 6.07 Å². The number of rotatable bonds is 7. The van der Waals surface area contributed by atoms with Gasteiger partial charge >= 0.3 is 0 Å². The topological polar surface area (TPSA) is 76.7 Å². The number of hydrogen-bond acceptors (Lipinski definition) is 5. The van der Waals surface area contributed by atoms with Crippen molar-refractivity contribution in [1.82, 2.24) is 9.55 Å². The van der Waals surface area contributed by atoms with Crippen molar-refractivity contribution in [3.05, 3.63) is 54.4 Å². The lowest BCUT2D eigenvalue weighted by Crippen LogP contribution is -2.25. The Kier molecular flexibility index (Phi) is 5.21. The van der Waals surface area contributed by atoms with Crippen LogP contribution < -0.4 is 9.47 Å². The van der Waals surface area contributed by atoms with E-state index in [1.54, 1.807) is 20.1 Å². The lowest BCUT2D eigenvalue weighted by atomic mass is 10.3. The summed E-state index contributed by atoms with van der Waals surface area (Å²) in [5, 5.41) is 20.4. The molecule has 3 rings (SSSR count). The summed E-state index contributed by atoms with van der Waals surface area (Å²) in [6.45, 7) is 2.07. The SMILES string of the molecule is COc1cccc(OC[C@H](O)Cn2c([C@@H](C)O)nc3ccccc32)c1. The van der Waals surface area contributed by atoms with E-state index in [-0.39, 0.29) is 13.2 Å². The third-order valence-corrected chi connectivity index (χ3v) is 3.93. The number of ether oxygens (including phenoxy) is 2. The lowest BCUT2D eigenvalue weighted by Gasteiger charge is -2.16. The van der Waals surface area contributed by atoms with Crippen LogP contribution in [0.25, 0.3) is 11.0 Å². The van der Waals surface area contributed by atoms with Gasteiger partial charge in [-0.3, -0.25) is 0 Å². The number of aromatic nitrogens is 2. The molecule has 0 saturated heterocycles. The van der Waals surface area contributed by atoms with Crippen LogP contribution in [0.4, 0.5) is 0 Å². The summed E-state index contributed by atoms with van der Waals surface area (Å²) >= 11 is 0. The second-order valence-corrected chi connectivity index (χ2v) is 5.89. The van der Waals surface area contributed by atoms with Crippen LogP contribution in [0, 0.1) is 0 Å². The molecule has 0 aliphatic rings. The minimum absolute atomic E-state index is 0.124. The summed E-state index contributed by atoms with van der Waals surface area (Å²) in [4.78, 5) is 4.45. The summed E-state index contributed by atoms with van der Waals surface area (Å²) in [6.07, 6.45) is -1.47. The third-order valence-electron chi connectivity index (χ3n) is 3.93. The number of fused-ring (bicyclic) bond motifs is 1. The fraction of sp³-hybridized carbons (Fsp3) is 0.316. The smallest absolute Gasteiger partial charge is 0.138 e. The summed E-state index contributed by atoms with van der Waals surface area (Å²) in [7, 11) is 1.59. The molecule has 6 heteroatoms. The van der Waals surface area contributed by atoms with Crippen molar-refractivity contribution in [2.24, 2.45) is 0 Å². The Morgan fingerprint density at radius 2 is 1.84 bits per heavy atom. The molecule has 2 N–H and O–H groups in total. The first kappa shape index (κ1) is 17.3. The van der Waals surface area contributed by atoms with Crippen molar-refractivity contribution in [3.8, 4) is 11.5 Å². The van der Waals surface area contributed by atoms with Crippen molar-refractivity contribution in [1.29, 1.82) is 0 Å². The van der Waals surface area contributed by atoms with Crippen molar-refractivity contribution < 1.29 is 19.7 Å². The first-order chi connectivity index (χ1) is 12.1. The van der Waals surface area contributed by atoms with Gasteiger partial charge in [0.15, 0.2) is 0 Å². The van der Waals surface area contributed by atoms with Gasteiger partial charge in [0.05, 0.1) is 24.7 Å². The van der Waals surface area contributed by atoms with Crippen LogP contribution in [0.3, 0.4) is 0 Å². The van der Waals surface area contributed by atoms with E-state index in [4.69, 9.17) is 9.47 Å². The first-order valence-corrected chi connectivity index (χ1v) is 8.16. The summed E-state index contributed by atoms with van der Waals surface area (Å²) in [6, 6.07) is 14.8. The van der Waals surface area contributed by atoms with Crippen molar-refractivity contribution >= 4 is 11.0 Å². The normalized spacial score (nSPS) is 13.6. The fourth-order valence-corrected chi connectivity index (χ4v) is 2.75. The van der Waals surface area contributed by atoms with Crippen LogP contribution >= 0.6 is 0 Å². The van der Waals surface area contributed by atoms with E-state index < -0.39 is 12.2 Å². The highest BCUT2D eigenvalue weighted by Crippen LogP contribution is 2.22. The number of nitrogens with zero attached hydrogens (tertiary/aromatic N) is 2. The molecule has 0 amide bonds. The minimum Gasteiger partial charge on any atom is -0.497 e. The van der Waals surface area contributed by atoms with Gasteiger partial charge in [-0.1, -0.05) is 18.2 Å². The zero-order valence-corrected chi connectivity index (χ0v) is 14.3. The number of aliphatic hydroxyl groups is 2. The van der Waals surface area contributed by atoms with E-state index >= 15 is 0 Å². The van der Waals surface area contributed by atoms with Crippen LogP contribution in [0.1, 0.15) is 18.9 Å². The molecule has 0 aliphatic carbocycles. The average molecular weight is 342 g/mol. The quantitative estimate of drug-likeness (QED) is 0.690. The number of methoxy groups -OCH3 is 1. The standard InChI is InChI=1S/C19H22N2O4/c1-13(22)19-20-17-8-3-4-9-18(17)21(19)11-14(23)12-25-16-7-5-6-15(10-16)24-2/h3-10,13-14,22-23H,11-12H2,1-2H3/t13-,14-/m1/s1. The molecule has 3 aromatic rings. The minimum atomic E-state index is -0.749. The van der Waals surface area contributed by atoms with Crippen molar-refractivity contribution in [2.45, 2.75) is 25.7 Å². The number of imidazole rings is 1. The summed E-state index contributed by atoms with van der Waals surface area (Å²) < 4.78 is 12.6. The molecule has 2 atom stereocenters. The fourth-order valence-electron chi connectivity index (χ4n) is 2.75. The molecule has 1 heterocycles. The van der Waals surface area contributed by atoms with Crippen LogP contribution in [-0.4, -0.2) is 39.6 Å². The van der Waals surface area contributed by atoms with Gasteiger partial charge < -0.3 is 24.3 Å². The van der Waals surface area contributed by atoms with Crippen LogP contribution in [-0.2, 0) is 6.54 Å². The largest absolute Gasteiger partial charge is 0.497 e. The Bertz CT molecular complexity index is 844. The molecular formula is C19H22N2O4. The summed E-state index contributed by atoms with van der Waals surface area (Å²) in [5.74, 6) is 1.86. The van der Waals surface area contributed by atoms with E-state index in [0.717, 1.165) is 11.0 Å². The van der Waals surface area contributed by atoms with E-state index in [9.17, 15) is 10.2 Å². The maximum Gasteiger partial charge on any atom is 0.138 e. The van der Waals surface area contributed by atoms with E-state index in [2.05, 4.69) is 4.98 Å². The Hall–Kier alpha value is -2.57. The molecule has 2 aromatic carbocycles. The maximum atomic E-state index is 10.4. The second kappa shape index (κ2) is 7.55. The van der Waals surface area contributed by atoms with Gasteiger partial charge in [0.25, 0.3) is 0 Å². The number of para-hydroxylation sites is 2. The van der Waals surface area contributed by atoms with Crippen LogP contribution in [0.15, 0.2) is 48.5 Å². The van der Waals surface area contributed by atoms with Gasteiger partial charge in [-0.15, -0.1) is 0 Å². The molecule has 0 radical (unpaired) electrons. The van der Waals surface area contributed by atoms with Crippen molar-refractivity contribution in [2.75, 3.05) is 13.7 Å². The van der Waals surface area contributed by atoms with Gasteiger partial charge in [-0.25, -0.2) is 4.98 Å². The second-order valence-electron chi connectivity index (χ2n) is 5.89. The molecule has 6 nitrogen and oxygen atoms in total. The predicted octanol–water partition coefficient (Wildman–Crippen LogP) is 2.54. The van der Waals surface area contributed by atoms with Crippen LogP contribution in [0.2, 0.25) is 0 Å². The van der Waals surface area contributed by atoms with Crippen molar-refractivity contribution in [3.63, 3.8) is 0 Å². The molecule has 0 saturated carbocycles. The molecule has 0 bridgehead atoms. The zero-order chi connectivity index (χ0) is 17.8. The molecule has 0 spiro atoms. The highest BCUT2D eigenvalue weighted by Gasteiger charge is 2.17. The molecule has 0 aliphatic heterocycles. The first-order valence-electron chi connectivity index (χ1n) is 8.16. The molecule has 0 unspecified atom stereocenters. The molecular weight excluding hydrogens is 320 g/mol. The number of aliphatic hydroxyl groups excluding tert-OH is 2. The van der Waals surface area contributed by atoms with E-state index in [0.29, 0.717) is 17.3 Å². The Morgan fingerprint density at radius 1 is 1.08 bits per heavy atom. The highest BCUT2D eigenvalue weighted by atomic mass is 16.5. The Morgan fingerprint density at radius 3 is 2.60 bits per heavy atom. The Balaban J connectivity index is 1.73. The predicted molar refractivity (Wildman–Crippen MR) is 94.9 cm³/mol. The van der Waals surface area contributed by atoms with Crippen LogP contribution in [0.5, 0.6) is 11.5 Å². The molecule has 25 heavy (non-hydrogen) atoms. The molecule has 1 aromatic heterocycles. The average Bonchev–Trinajstić information content (AvgIpc) is 2.99. The molecule has 0 fully saturated rings. The summed E-state index contributed by atoms with van der Waals surface area (Å²) in [5.41, 5.74) is 1.66. The van der Waals surface area contributed by atoms with E-state index in [1.807, 2.05) is 47.0 Å². The van der Waals surface area contributed by atoms with Gasteiger partial charge in [0.1, 0.15) is 36.1 Å². The molecule has 132 valence electrons. The monoisotopic (exact) mass is 342 g/mol. The van der Waals surface area contributed by atoms with Gasteiger partial charge in [-0.2, -0.15) is 0 Å². The van der Waals surface area contributed by atoms with E-state index in [1.165, 1.54) is 0 Å². The Labute approximate surface area is 146 Å². The van der Waals surface area contributed by atoms with Gasteiger partial charge in [0.2, 0.25) is 0 Å². The highest BCUT2D eigenvalue weighted by molar-refractivity contribution is 5.76. The lowest BCUT2D eigenvalue weighted by molar-refractivity contribution is 0.0894. The number of hydrogen-bond donors (Lipinski definition) is 2. The maximum absolute atomic E-state index is 10.4.